The van der Waals surface area contributed by atoms with Crippen LogP contribution in [0.3, 0.4) is 0 Å². The van der Waals surface area contributed by atoms with Crippen molar-refractivity contribution in [1.29, 1.82) is 5.26 Å². The molecule has 4 aromatic carbocycles. The molecule has 0 saturated heterocycles. The number of Topliss-reactive ketones (excluding diaryl/α,β-unsaturated/α-hetero) is 1. The van der Waals surface area contributed by atoms with Gasteiger partial charge in [0.1, 0.15) is 10.0 Å². The summed E-state index contributed by atoms with van der Waals surface area (Å²) in [5, 5.41) is 12.4. The lowest BCUT2D eigenvalue weighted by Crippen LogP contribution is -2.36. The fourth-order valence-electron chi connectivity index (χ4n) is 5.94. The molecular formula is C32H21N3OS2. The molecule has 1 aliphatic carbocycles. The Morgan fingerprint density at radius 2 is 1.24 bits per heavy atom. The Kier molecular flexibility index (Phi) is 5.43. The number of ketones is 1. The fourth-order valence-corrected chi connectivity index (χ4v) is 8.21. The van der Waals surface area contributed by atoms with Crippen molar-refractivity contribution in [3.63, 3.8) is 0 Å². The molecule has 4 atom stereocenters. The molecule has 0 bridgehead atoms. The Bertz CT molecular complexity index is 1770. The minimum Gasteiger partial charge on any atom is -0.297 e. The smallest absolute Gasteiger partial charge is 0.175 e. The van der Waals surface area contributed by atoms with Crippen molar-refractivity contribution < 1.29 is 4.79 Å². The third-order valence-corrected chi connectivity index (χ3v) is 9.87. The quantitative estimate of drug-likeness (QED) is 0.237. The molecular weight excluding hydrogens is 507 g/mol. The Morgan fingerprint density at radius 3 is 1.84 bits per heavy atom. The molecule has 4 nitrogen and oxygen atoms in total. The van der Waals surface area contributed by atoms with Crippen molar-refractivity contribution in [3.8, 4) is 6.07 Å². The number of carbonyl (C=O) groups excluding carboxylic acids is 1. The normalized spacial score (nSPS) is 23.1. The van der Waals surface area contributed by atoms with Crippen molar-refractivity contribution in [1.82, 2.24) is 9.97 Å². The Morgan fingerprint density at radius 1 is 0.684 bits per heavy atom. The predicted octanol–water partition coefficient (Wildman–Crippen LogP) is 7.60. The number of para-hydroxylation sites is 2. The van der Waals surface area contributed by atoms with Gasteiger partial charge in [-0.25, -0.2) is 9.97 Å². The number of nitrogens with zero attached hydrogens (tertiary/aromatic N) is 3. The summed E-state index contributed by atoms with van der Waals surface area (Å²) in [6, 6.07) is 38.5. The first-order valence-corrected chi connectivity index (χ1v) is 14.1. The molecule has 0 radical (unpaired) electrons. The second-order valence-electron chi connectivity index (χ2n) is 9.59. The highest BCUT2D eigenvalue weighted by atomic mass is 32.1. The number of rotatable bonds is 4. The third kappa shape index (κ3) is 3.36. The summed E-state index contributed by atoms with van der Waals surface area (Å²) >= 11 is 3.00. The van der Waals surface area contributed by atoms with Gasteiger partial charge in [-0.15, -0.1) is 22.7 Å². The van der Waals surface area contributed by atoms with Gasteiger partial charge in [0.2, 0.25) is 0 Å². The zero-order chi connectivity index (χ0) is 25.7. The molecule has 6 heteroatoms. The van der Waals surface area contributed by atoms with Crippen LogP contribution in [-0.2, 0) is 10.2 Å². The molecule has 4 unspecified atom stereocenters. The summed E-state index contributed by atoms with van der Waals surface area (Å²) in [6.07, 6.45) is 0. The minimum absolute atomic E-state index is 0.124. The van der Waals surface area contributed by atoms with Gasteiger partial charge >= 0.3 is 0 Å². The van der Waals surface area contributed by atoms with Gasteiger partial charge in [0.15, 0.2) is 11.2 Å². The first kappa shape index (κ1) is 23.0. The molecule has 6 aromatic rings. The first-order chi connectivity index (χ1) is 18.7. The summed E-state index contributed by atoms with van der Waals surface area (Å²) in [6.45, 7) is 0. The number of thiazole rings is 2. The minimum atomic E-state index is -1.45. The van der Waals surface area contributed by atoms with Gasteiger partial charge in [0.25, 0.3) is 0 Å². The van der Waals surface area contributed by atoms with E-state index in [0.717, 1.165) is 36.6 Å². The zero-order valence-corrected chi connectivity index (χ0v) is 21.8. The van der Waals surface area contributed by atoms with Crippen LogP contribution >= 0.6 is 22.7 Å². The molecule has 0 N–H and O–H groups in total. The monoisotopic (exact) mass is 527 g/mol. The number of carbonyl (C=O) groups is 1. The summed E-state index contributed by atoms with van der Waals surface area (Å²) in [5.41, 5.74) is 2.21. The largest absolute Gasteiger partial charge is 0.297 e. The molecule has 0 spiro atoms. The number of fused-ring (bicyclic) bond motifs is 2. The van der Waals surface area contributed by atoms with Crippen LogP contribution in [-0.4, -0.2) is 15.8 Å². The standard InChI is InChI=1S/C32H21N3OS2/c33-19-32(31-35-23-16-8-10-18-25(23)38-31)28(21-13-5-2-6-14-21)26(20-11-3-1-4-12-20)27(29(32)36)30-34-22-15-7-9-17-24(22)37-30/h1-18,26-28H. The van der Waals surface area contributed by atoms with Crippen molar-refractivity contribution in [2.75, 3.05) is 0 Å². The van der Waals surface area contributed by atoms with E-state index in [1.165, 1.54) is 11.3 Å². The second-order valence-corrected chi connectivity index (χ2v) is 11.7. The first-order valence-electron chi connectivity index (χ1n) is 12.5. The van der Waals surface area contributed by atoms with Crippen molar-refractivity contribution in [2.45, 2.75) is 23.2 Å². The van der Waals surface area contributed by atoms with E-state index < -0.39 is 17.3 Å². The van der Waals surface area contributed by atoms with E-state index in [0.29, 0.717) is 5.01 Å². The van der Waals surface area contributed by atoms with E-state index in [1.807, 2.05) is 97.1 Å². The second kappa shape index (κ2) is 8.98. The molecule has 2 aromatic heterocycles. The Hall–Kier alpha value is -4.18. The van der Waals surface area contributed by atoms with Crippen LogP contribution in [0.1, 0.15) is 38.9 Å². The van der Waals surface area contributed by atoms with E-state index in [1.54, 1.807) is 11.3 Å². The summed E-state index contributed by atoms with van der Waals surface area (Å²) in [4.78, 5) is 24.8. The molecule has 38 heavy (non-hydrogen) atoms. The van der Waals surface area contributed by atoms with Crippen LogP contribution in [0.15, 0.2) is 109 Å². The van der Waals surface area contributed by atoms with E-state index in [2.05, 4.69) is 18.2 Å². The van der Waals surface area contributed by atoms with E-state index >= 15 is 0 Å². The molecule has 0 amide bonds. The maximum absolute atomic E-state index is 14.9. The van der Waals surface area contributed by atoms with Crippen LogP contribution in [0.25, 0.3) is 20.4 Å². The molecule has 1 aliphatic rings. The van der Waals surface area contributed by atoms with Crippen LogP contribution < -0.4 is 0 Å². The number of benzene rings is 4. The highest BCUT2D eigenvalue weighted by Gasteiger charge is 2.65. The molecule has 1 fully saturated rings. The van der Waals surface area contributed by atoms with E-state index in [9.17, 15) is 10.1 Å². The Balaban J connectivity index is 1.55. The van der Waals surface area contributed by atoms with Gasteiger partial charge in [-0.1, -0.05) is 84.9 Å². The van der Waals surface area contributed by atoms with E-state index in [-0.39, 0.29) is 11.7 Å². The molecule has 182 valence electrons. The highest BCUT2D eigenvalue weighted by molar-refractivity contribution is 7.19. The summed E-state index contributed by atoms with van der Waals surface area (Å²) < 4.78 is 2.00. The van der Waals surface area contributed by atoms with Gasteiger partial charge in [0.05, 0.1) is 32.4 Å². The molecule has 0 aliphatic heterocycles. The van der Waals surface area contributed by atoms with Gasteiger partial charge < -0.3 is 0 Å². The number of hydrogen-bond donors (Lipinski definition) is 0. The van der Waals surface area contributed by atoms with Crippen molar-refractivity contribution >= 4 is 48.9 Å². The molecule has 2 heterocycles. The van der Waals surface area contributed by atoms with Gasteiger partial charge in [0, 0.05) is 11.8 Å². The van der Waals surface area contributed by atoms with Crippen LogP contribution in [0.5, 0.6) is 0 Å². The summed E-state index contributed by atoms with van der Waals surface area (Å²) in [5.74, 6) is -1.41. The average molecular weight is 528 g/mol. The van der Waals surface area contributed by atoms with Gasteiger partial charge in [-0.2, -0.15) is 5.26 Å². The van der Waals surface area contributed by atoms with Crippen LogP contribution in [0.2, 0.25) is 0 Å². The maximum Gasteiger partial charge on any atom is 0.175 e. The lowest BCUT2D eigenvalue weighted by Gasteiger charge is -2.29. The molecule has 1 saturated carbocycles. The van der Waals surface area contributed by atoms with Gasteiger partial charge in [-0.3, -0.25) is 4.79 Å². The fraction of sp³-hybridized carbons (Fsp3) is 0.125. The topological polar surface area (TPSA) is 66.6 Å². The predicted molar refractivity (Wildman–Crippen MR) is 153 cm³/mol. The Labute approximate surface area is 227 Å². The van der Waals surface area contributed by atoms with Crippen molar-refractivity contribution in [2.24, 2.45) is 0 Å². The number of nitriles is 1. The average Bonchev–Trinajstić information content (AvgIpc) is 3.66. The highest BCUT2D eigenvalue weighted by Crippen LogP contribution is 2.62. The van der Waals surface area contributed by atoms with Crippen LogP contribution in [0, 0.1) is 11.3 Å². The lowest BCUT2D eigenvalue weighted by atomic mass is 9.71. The van der Waals surface area contributed by atoms with Gasteiger partial charge in [-0.05, 0) is 35.4 Å². The maximum atomic E-state index is 14.9. The molecule has 7 rings (SSSR count). The van der Waals surface area contributed by atoms with Crippen LogP contribution in [0.4, 0.5) is 0 Å². The zero-order valence-electron chi connectivity index (χ0n) is 20.2. The van der Waals surface area contributed by atoms with E-state index in [4.69, 9.17) is 9.97 Å². The summed E-state index contributed by atoms with van der Waals surface area (Å²) in [7, 11) is 0. The van der Waals surface area contributed by atoms with Crippen molar-refractivity contribution in [3.05, 3.63) is 130 Å². The lowest BCUT2D eigenvalue weighted by molar-refractivity contribution is -0.122. The number of hydrogen-bond acceptors (Lipinski definition) is 6. The SMILES string of the molecule is N#CC1(c2nc3ccccc3s2)C(=O)C(c2nc3ccccc3s2)C(c2ccccc2)C1c1ccccc1. The third-order valence-electron chi connectivity index (χ3n) is 7.58. The number of aromatic nitrogens is 2.